The zero-order valence-electron chi connectivity index (χ0n) is 17.6. The van der Waals surface area contributed by atoms with E-state index in [0.717, 1.165) is 0 Å². The Labute approximate surface area is 205 Å². The molecule has 1 atom stereocenters. The molecule has 0 radical (unpaired) electrons. The Morgan fingerprint density at radius 1 is 0.939 bits per heavy atom. The molecule has 0 saturated carbocycles. The van der Waals surface area contributed by atoms with E-state index in [9.17, 15) is 4.79 Å². The summed E-state index contributed by atoms with van der Waals surface area (Å²) in [5.74, 6) is 0.568. The fourth-order valence-corrected chi connectivity index (χ4v) is 3.95. The van der Waals surface area contributed by atoms with Crippen molar-refractivity contribution in [3.8, 4) is 5.75 Å². The van der Waals surface area contributed by atoms with Crippen LogP contribution >= 0.6 is 34.8 Å². The first-order valence-electron chi connectivity index (χ1n) is 9.80. The molecule has 0 spiro atoms. The first kappa shape index (κ1) is 23.0. The Morgan fingerprint density at radius 3 is 2.39 bits per heavy atom. The number of ether oxygens (including phenoxy) is 1. The number of pyridine rings is 1. The number of aromatic nitrogens is 3. The zero-order chi connectivity index (χ0) is 23.5. The predicted octanol–water partition coefficient (Wildman–Crippen LogP) is 6.25. The van der Waals surface area contributed by atoms with Gasteiger partial charge in [0, 0.05) is 43.6 Å². The van der Waals surface area contributed by atoms with Crippen LogP contribution in [-0.2, 0) is 0 Å². The second kappa shape index (κ2) is 9.79. The number of benzene rings is 2. The number of anilines is 1. The molecule has 0 saturated heterocycles. The van der Waals surface area contributed by atoms with Gasteiger partial charge in [-0.15, -0.1) is 0 Å². The van der Waals surface area contributed by atoms with Crippen LogP contribution in [0.5, 0.6) is 5.75 Å². The van der Waals surface area contributed by atoms with Crippen molar-refractivity contribution >= 4 is 57.7 Å². The van der Waals surface area contributed by atoms with Gasteiger partial charge in [0.05, 0.1) is 21.1 Å². The van der Waals surface area contributed by atoms with E-state index in [4.69, 9.17) is 39.5 Å². The van der Waals surface area contributed by atoms with Gasteiger partial charge in [0.1, 0.15) is 5.52 Å². The molecule has 2 heterocycles. The van der Waals surface area contributed by atoms with Crippen molar-refractivity contribution in [1.82, 2.24) is 19.9 Å². The lowest BCUT2D eigenvalue weighted by Gasteiger charge is -2.25. The Bertz CT molecular complexity index is 1320. The fourth-order valence-electron chi connectivity index (χ4n) is 3.26. The van der Waals surface area contributed by atoms with Gasteiger partial charge >= 0.3 is 6.09 Å². The summed E-state index contributed by atoms with van der Waals surface area (Å²) in [6.07, 6.45) is 4.24. The SMILES string of the molecule is CN(C)C(=O)Oc1c(C(Nc2ncccn2)c2cccc(Cl)c2Cl)cc(Cl)c2cccnc12. The first-order chi connectivity index (χ1) is 15.9. The Balaban J connectivity index is 1.99. The molecule has 33 heavy (non-hydrogen) atoms. The molecule has 2 aromatic heterocycles. The molecule has 168 valence electrons. The second-order valence-corrected chi connectivity index (χ2v) is 8.42. The number of fused-ring (bicyclic) bond motifs is 1. The van der Waals surface area contributed by atoms with Crippen molar-refractivity contribution in [2.24, 2.45) is 0 Å². The van der Waals surface area contributed by atoms with Crippen molar-refractivity contribution in [1.29, 1.82) is 0 Å². The smallest absolute Gasteiger partial charge is 0.407 e. The number of amides is 1. The molecule has 0 bridgehead atoms. The first-order valence-corrected chi connectivity index (χ1v) is 10.9. The highest BCUT2D eigenvalue weighted by molar-refractivity contribution is 6.42. The molecule has 0 aliphatic carbocycles. The molecule has 1 amide bonds. The highest BCUT2D eigenvalue weighted by atomic mass is 35.5. The van der Waals surface area contributed by atoms with Crippen molar-refractivity contribution in [3.05, 3.63) is 87.2 Å². The topological polar surface area (TPSA) is 80.2 Å². The van der Waals surface area contributed by atoms with Crippen LogP contribution in [-0.4, -0.2) is 40.0 Å². The molecule has 4 rings (SSSR count). The number of halogens is 3. The normalized spacial score (nSPS) is 11.8. The summed E-state index contributed by atoms with van der Waals surface area (Å²) in [5, 5.41) is 5.02. The lowest BCUT2D eigenvalue weighted by Crippen LogP contribution is -2.26. The Kier molecular flexibility index (Phi) is 6.83. The van der Waals surface area contributed by atoms with Gasteiger partial charge in [-0.25, -0.2) is 14.8 Å². The quantitative estimate of drug-likeness (QED) is 0.347. The average molecular weight is 503 g/mol. The number of carbonyl (C=O) groups excluding carboxylic acids is 1. The number of rotatable bonds is 5. The summed E-state index contributed by atoms with van der Waals surface area (Å²) in [5.41, 5.74) is 1.55. The molecule has 0 aliphatic heterocycles. The molecule has 1 N–H and O–H groups in total. The van der Waals surface area contributed by atoms with Gasteiger partial charge in [-0.3, -0.25) is 4.98 Å². The molecule has 1 unspecified atom stereocenters. The number of nitrogens with one attached hydrogen (secondary N) is 1. The summed E-state index contributed by atoms with van der Waals surface area (Å²) >= 11 is 19.5. The third kappa shape index (κ3) is 4.80. The van der Waals surface area contributed by atoms with E-state index in [2.05, 4.69) is 20.3 Å². The van der Waals surface area contributed by atoms with E-state index in [1.54, 1.807) is 69.1 Å². The predicted molar refractivity (Wildman–Crippen MR) is 130 cm³/mol. The third-order valence-corrected chi connectivity index (χ3v) is 5.97. The van der Waals surface area contributed by atoms with Gasteiger partial charge in [0.25, 0.3) is 0 Å². The van der Waals surface area contributed by atoms with Crippen LogP contribution < -0.4 is 10.1 Å². The van der Waals surface area contributed by atoms with Gasteiger partial charge in [-0.05, 0) is 35.9 Å². The lowest BCUT2D eigenvalue weighted by atomic mass is 9.96. The van der Waals surface area contributed by atoms with Crippen LogP contribution in [0.2, 0.25) is 15.1 Å². The van der Waals surface area contributed by atoms with Crippen LogP contribution in [0, 0.1) is 0 Å². The van der Waals surface area contributed by atoms with Crippen molar-refractivity contribution in [2.75, 3.05) is 19.4 Å². The summed E-state index contributed by atoms with van der Waals surface area (Å²) in [4.78, 5) is 26.9. The molecular formula is C23H18Cl3N5O2. The van der Waals surface area contributed by atoms with Gasteiger partial charge in [-0.2, -0.15) is 0 Å². The number of nitrogens with zero attached hydrogens (tertiary/aromatic N) is 4. The van der Waals surface area contributed by atoms with Gasteiger partial charge < -0.3 is 15.0 Å². The second-order valence-electron chi connectivity index (χ2n) is 7.23. The number of carbonyl (C=O) groups is 1. The van der Waals surface area contributed by atoms with Crippen molar-refractivity contribution in [2.45, 2.75) is 6.04 Å². The van der Waals surface area contributed by atoms with Crippen LogP contribution in [0.4, 0.5) is 10.7 Å². The fraction of sp³-hybridized carbons (Fsp3) is 0.130. The minimum Gasteiger partial charge on any atom is -0.407 e. The van der Waals surface area contributed by atoms with E-state index in [1.807, 2.05) is 6.07 Å². The minimum absolute atomic E-state index is 0.234. The summed E-state index contributed by atoms with van der Waals surface area (Å²) < 4.78 is 5.79. The largest absolute Gasteiger partial charge is 0.414 e. The van der Waals surface area contributed by atoms with Crippen LogP contribution in [0.15, 0.2) is 61.1 Å². The standard InChI is InChI=1S/C23H18Cl3N5O2/c1-31(2)23(32)33-21-15(12-17(25)13-7-4-9-27-20(13)21)19(30-22-28-10-5-11-29-22)14-6-3-8-16(24)18(14)26/h3-12,19H,1-2H3,(H,28,29,30). The highest BCUT2D eigenvalue weighted by Gasteiger charge is 2.27. The zero-order valence-corrected chi connectivity index (χ0v) is 19.9. The molecule has 0 fully saturated rings. The van der Waals surface area contributed by atoms with Crippen LogP contribution in [0.3, 0.4) is 0 Å². The highest BCUT2D eigenvalue weighted by Crippen LogP contribution is 2.43. The Hall–Kier alpha value is -3.13. The van der Waals surface area contributed by atoms with Gasteiger partial charge in [0.2, 0.25) is 5.95 Å². The molecular weight excluding hydrogens is 485 g/mol. The number of hydrogen-bond acceptors (Lipinski definition) is 6. The molecule has 4 aromatic rings. The van der Waals surface area contributed by atoms with Crippen LogP contribution in [0.1, 0.15) is 17.2 Å². The molecule has 10 heteroatoms. The summed E-state index contributed by atoms with van der Waals surface area (Å²) in [6, 6.07) is 11.6. The van der Waals surface area contributed by atoms with E-state index in [1.165, 1.54) is 4.90 Å². The molecule has 2 aromatic carbocycles. The monoisotopic (exact) mass is 501 g/mol. The van der Waals surface area contributed by atoms with E-state index in [-0.39, 0.29) is 5.75 Å². The third-order valence-electron chi connectivity index (χ3n) is 4.82. The maximum absolute atomic E-state index is 12.6. The minimum atomic E-state index is -0.674. The van der Waals surface area contributed by atoms with E-state index in [0.29, 0.717) is 43.0 Å². The van der Waals surface area contributed by atoms with Crippen LogP contribution in [0.25, 0.3) is 10.9 Å². The van der Waals surface area contributed by atoms with Gasteiger partial charge in [0.15, 0.2) is 5.75 Å². The summed E-state index contributed by atoms with van der Waals surface area (Å²) in [7, 11) is 3.18. The summed E-state index contributed by atoms with van der Waals surface area (Å²) in [6.45, 7) is 0. The number of hydrogen-bond donors (Lipinski definition) is 1. The molecule has 0 aliphatic rings. The molecule has 7 nitrogen and oxygen atoms in total. The maximum Gasteiger partial charge on any atom is 0.414 e. The van der Waals surface area contributed by atoms with E-state index < -0.39 is 12.1 Å². The van der Waals surface area contributed by atoms with Crippen molar-refractivity contribution in [3.63, 3.8) is 0 Å². The average Bonchev–Trinajstić information content (AvgIpc) is 2.82. The Morgan fingerprint density at radius 2 is 1.67 bits per heavy atom. The lowest BCUT2D eigenvalue weighted by molar-refractivity contribution is 0.172. The van der Waals surface area contributed by atoms with Crippen molar-refractivity contribution < 1.29 is 9.53 Å². The van der Waals surface area contributed by atoms with Gasteiger partial charge in [-0.1, -0.05) is 46.9 Å². The van der Waals surface area contributed by atoms with E-state index >= 15 is 0 Å². The maximum atomic E-state index is 12.6.